The lowest BCUT2D eigenvalue weighted by Crippen LogP contribution is -2.41. The highest BCUT2D eigenvalue weighted by molar-refractivity contribution is 14.1. The van der Waals surface area contributed by atoms with Gasteiger partial charge in [0.1, 0.15) is 5.54 Å². The van der Waals surface area contributed by atoms with Crippen molar-refractivity contribution in [1.82, 2.24) is 9.80 Å². The Hall–Kier alpha value is -1.51. The van der Waals surface area contributed by atoms with E-state index in [1.807, 2.05) is 12.1 Å². The lowest BCUT2D eigenvalue weighted by Gasteiger charge is -2.22. The minimum atomic E-state index is -0.790. The fraction of sp³-hybridized carbons (Fsp3) is 0.500. The van der Waals surface area contributed by atoms with Crippen LogP contribution in [-0.4, -0.2) is 55.1 Å². The fourth-order valence-electron chi connectivity index (χ4n) is 2.50. The first-order chi connectivity index (χ1) is 10.7. The molecule has 1 aliphatic rings. The standard InChI is InChI=1S/C16H21IN2O4/c1-16(2)14(20)19(15(21)18(16)3)7-6-10-8-12(22-4)13(23-5)9-11(10)17/h8-9H,6-7H2,1-5H3. The number of nitrogens with zero attached hydrogens (tertiary/aromatic N) is 2. The lowest BCUT2D eigenvalue weighted by atomic mass is 10.0. The third-order valence-electron chi connectivity index (χ3n) is 4.28. The molecule has 1 aromatic carbocycles. The van der Waals surface area contributed by atoms with Crippen LogP contribution >= 0.6 is 22.6 Å². The fourth-order valence-corrected chi connectivity index (χ4v) is 3.21. The third-order valence-corrected chi connectivity index (χ3v) is 5.29. The Kier molecular flexibility index (Phi) is 5.07. The molecule has 1 fully saturated rings. The molecular weight excluding hydrogens is 411 g/mol. The number of imide groups is 1. The number of carbonyl (C=O) groups excluding carboxylic acids is 2. The predicted molar refractivity (Wildman–Crippen MR) is 94.9 cm³/mol. The Labute approximate surface area is 149 Å². The third kappa shape index (κ3) is 3.11. The normalized spacial score (nSPS) is 17.0. The van der Waals surface area contributed by atoms with E-state index in [-0.39, 0.29) is 11.9 Å². The Morgan fingerprint density at radius 1 is 1.13 bits per heavy atom. The van der Waals surface area contributed by atoms with Crippen molar-refractivity contribution >= 4 is 34.5 Å². The average molecular weight is 432 g/mol. The van der Waals surface area contributed by atoms with Crippen LogP contribution in [0.4, 0.5) is 4.79 Å². The van der Waals surface area contributed by atoms with Crippen LogP contribution in [0.1, 0.15) is 19.4 Å². The van der Waals surface area contributed by atoms with Crippen LogP contribution < -0.4 is 9.47 Å². The van der Waals surface area contributed by atoms with Gasteiger partial charge in [-0.25, -0.2) is 4.79 Å². The Balaban J connectivity index is 2.19. The van der Waals surface area contributed by atoms with Crippen molar-refractivity contribution < 1.29 is 19.1 Å². The van der Waals surface area contributed by atoms with Gasteiger partial charge in [0.15, 0.2) is 11.5 Å². The van der Waals surface area contributed by atoms with Gasteiger partial charge >= 0.3 is 6.03 Å². The molecule has 0 atom stereocenters. The molecule has 0 unspecified atom stereocenters. The van der Waals surface area contributed by atoms with Crippen molar-refractivity contribution in [2.75, 3.05) is 27.8 Å². The van der Waals surface area contributed by atoms with E-state index in [0.29, 0.717) is 24.5 Å². The van der Waals surface area contributed by atoms with Gasteiger partial charge in [-0.2, -0.15) is 0 Å². The topological polar surface area (TPSA) is 59.1 Å². The SMILES string of the molecule is COc1cc(I)c(CCN2C(=O)N(C)C(C)(C)C2=O)cc1OC. The smallest absolute Gasteiger partial charge is 0.327 e. The molecule has 0 radical (unpaired) electrons. The molecule has 6 nitrogen and oxygen atoms in total. The summed E-state index contributed by atoms with van der Waals surface area (Å²) >= 11 is 2.22. The van der Waals surface area contributed by atoms with Gasteiger partial charge in [-0.05, 0) is 60.6 Å². The number of urea groups is 1. The summed E-state index contributed by atoms with van der Waals surface area (Å²) < 4.78 is 11.6. The lowest BCUT2D eigenvalue weighted by molar-refractivity contribution is -0.131. The molecular formula is C16H21IN2O4. The Morgan fingerprint density at radius 3 is 2.17 bits per heavy atom. The summed E-state index contributed by atoms with van der Waals surface area (Å²) in [5.41, 5.74) is 0.221. The van der Waals surface area contributed by atoms with E-state index in [9.17, 15) is 9.59 Å². The summed E-state index contributed by atoms with van der Waals surface area (Å²) in [4.78, 5) is 27.4. The van der Waals surface area contributed by atoms with E-state index in [1.54, 1.807) is 35.1 Å². The number of hydrogen-bond donors (Lipinski definition) is 0. The molecule has 0 bridgehead atoms. The van der Waals surface area contributed by atoms with Gasteiger partial charge < -0.3 is 14.4 Å². The largest absolute Gasteiger partial charge is 0.493 e. The summed E-state index contributed by atoms with van der Waals surface area (Å²) in [6, 6.07) is 3.52. The highest BCUT2D eigenvalue weighted by Gasteiger charge is 2.48. The molecule has 1 aromatic rings. The molecule has 0 saturated carbocycles. The van der Waals surface area contributed by atoms with Crippen LogP contribution in [0.25, 0.3) is 0 Å². The van der Waals surface area contributed by atoms with Crippen LogP contribution in [0.2, 0.25) is 0 Å². The second kappa shape index (κ2) is 6.54. The van der Waals surface area contributed by atoms with E-state index in [1.165, 1.54) is 9.80 Å². The number of likely N-dealkylation sites (N-methyl/N-ethyl adjacent to an activating group) is 1. The molecule has 1 aliphatic heterocycles. The zero-order valence-electron chi connectivity index (χ0n) is 14.0. The van der Waals surface area contributed by atoms with E-state index in [0.717, 1.165) is 9.13 Å². The molecule has 126 valence electrons. The molecule has 23 heavy (non-hydrogen) atoms. The van der Waals surface area contributed by atoms with Crippen LogP contribution in [0.5, 0.6) is 11.5 Å². The number of rotatable bonds is 5. The maximum atomic E-state index is 12.4. The first kappa shape index (κ1) is 17.8. The average Bonchev–Trinajstić information content (AvgIpc) is 2.67. The van der Waals surface area contributed by atoms with Crippen molar-refractivity contribution in [3.8, 4) is 11.5 Å². The number of benzene rings is 1. The molecule has 0 aromatic heterocycles. The van der Waals surface area contributed by atoms with E-state index >= 15 is 0 Å². The zero-order valence-corrected chi connectivity index (χ0v) is 16.1. The van der Waals surface area contributed by atoms with Gasteiger partial charge in [-0.3, -0.25) is 9.69 Å². The van der Waals surface area contributed by atoms with Gasteiger partial charge in [0.2, 0.25) is 0 Å². The van der Waals surface area contributed by atoms with Crippen LogP contribution in [0, 0.1) is 3.57 Å². The van der Waals surface area contributed by atoms with Crippen molar-refractivity contribution in [3.05, 3.63) is 21.3 Å². The molecule has 7 heteroatoms. The van der Waals surface area contributed by atoms with Crippen LogP contribution in [-0.2, 0) is 11.2 Å². The molecule has 0 spiro atoms. The summed E-state index contributed by atoms with van der Waals surface area (Å²) in [6.45, 7) is 3.86. The molecule has 0 N–H and O–H groups in total. The highest BCUT2D eigenvalue weighted by atomic mass is 127. The molecule has 1 heterocycles. The summed E-state index contributed by atoms with van der Waals surface area (Å²) in [5, 5.41) is 0. The van der Waals surface area contributed by atoms with Crippen molar-refractivity contribution in [3.63, 3.8) is 0 Å². The van der Waals surface area contributed by atoms with Gasteiger partial charge in [-0.1, -0.05) is 0 Å². The van der Waals surface area contributed by atoms with E-state index in [2.05, 4.69) is 22.6 Å². The monoisotopic (exact) mass is 432 g/mol. The quantitative estimate of drug-likeness (QED) is 0.530. The van der Waals surface area contributed by atoms with Crippen molar-refractivity contribution in [1.29, 1.82) is 0 Å². The number of ether oxygens (including phenoxy) is 2. The summed E-state index contributed by atoms with van der Waals surface area (Å²) in [6.07, 6.45) is 0.569. The molecule has 1 saturated heterocycles. The van der Waals surface area contributed by atoms with E-state index in [4.69, 9.17) is 9.47 Å². The predicted octanol–water partition coefficient (Wildman–Crippen LogP) is 2.52. The summed E-state index contributed by atoms with van der Waals surface area (Å²) in [7, 11) is 4.83. The number of methoxy groups -OCH3 is 2. The number of amides is 3. The van der Waals surface area contributed by atoms with Crippen molar-refractivity contribution in [2.45, 2.75) is 25.8 Å². The van der Waals surface area contributed by atoms with Gasteiger partial charge in [0, 0.05) is 17.2 Å². The first-order valence-corrected chi connectivity index (χ1v) is 8.32. The molecule has 2 rings (SSSR count). The molecule has 0 aliphatic carbocycles. The second-order valence-electron chi connectivity index (χ2n) is 5.91. The van der Waals surface area contributed by atoms with Gasteiger partial charge in [-0.15, -0.1) is 0 Å². The number of hydrogen-bond acceptors (Lipinski definition) is 4. The number of carbonyl (C=O) groups is 2. The first-order valence-electron chi connectivity index (χ1n) is 7.24. The zero-order chi connectivity index (χ0) is 17.4. The maximum absolute atomic E-state index is 12.4. The number of halogens is 1. The van der Waals surface area contributed by atoms with Crippen LogP contribution in [0.15, 0.2) is 12.1 Å². The van der Waals surface area contributed by atoms with Crippen LogP contribution in [0.3, 0.4) is 0 Å². The van der Waals surface area contributed by atoms with Gasteiger partial charge in [0.25, 0.3) is 5.91 Å². The molecule has 3 amide bonds. The second-order valence-corrected chi connectivity index (χ2v) is 7.07. The minimum Gasteiger partial charge on any atom is -0.493 e. The maximum Gasteiger partial charge on any atom is 0.327 e. The Morgan fingerprint density at radius 2 is 1.70 bits per heavy atom. The Bertz CT molecular complexity index is 645. The minimum absolute atomic E-state index is 0.166. The van der Waals surface area contributed by atoms with E-state index < -0.39 is 5.54 Å². The summed E-state index contributed by atoms with van der Waals surface area (Å²) in [5.74, 6) is 1.13. The highest BCUT2D eigenvalue weighted by Crippen LogP contribution is 2.32. The van der Waals surface area contributed by atoms with Gasteiger partial charge in [0.05, 0.1) is 14.2 Å². The van der Waals surface area contributed by atoms with Crippen molar-refractivity contribution in [2.24, 2.45) is 0 Å².